The molecule has 0 saturated carbocycles. The summed E-state index contributed by atoms with van der Waals surface area (Å²) in [6, 6.07) is 0. The van der Waals surface area contributed by atoms with E-state index < -0.39 is 0 Å². The molecule has 0 aliphatic heterocycles. The van der Waals surface area contributed by atoms with Gasteiger partial charge in [-0.3, -0.25) is 0 Å². The number of aliphatic hydroxyl groups excluding tert-OH is 2. The quantitative estimate of drug-likeness (QED) is 0.688. The highest BCUT2D eigenvalue weighted by atomic mass is 16.3. The van der Waals surface area contributed by atoms with Crippen LogP contribution in [0.5, 0.6) is 0 Å². The number of aliphatic hydroxyl groups is 2. The van der Waals surface area contributed by atoms with Crippen LogP contribution >= 0.6 is 0 Å². The molecular weight excluding hydrogens is 152 g/mol. The summed E-state index contributed by atoms with van der Waals surface area (Å²) in [7, 11) is 0. The number of hydrogen-bond acceptors (Lipinski definition) is 2. The molecule has 0 aromatic rings. The van der Waals surface area contributed by atoms with Crippen LogP contribution < -0.4 is 0 Å². The average Bonchev–Trinajstić information content (AvgIpc) is 2.04. The molecule has 1 unspecified atom stereocenters. The second kappa shape index (κ2) is 10.9. The fraction of sp³-hybridized carbons (Fsp3) is 1.00. The van der Waals surface area contributed by atoms with Crippen molar-refractivity contribution in [1.82, 2.24) is 0 Å². The first kappa shape index (κ1) is 14.4. The minimum absolute atomic E-state index is 0.330. The Morgan fingerprint density at radius 3 is 1.58 bits per heavy atom. The number of hydrogen-bond donors (Lipinski definition) is 2. The van der Waals surface area contributed by atoms with Crippen molar-refractivity contribution >= 4 is 0 Å². The lowest BCUT2D eigenvalue weighted by atomic mass is 10.1. The van der Waals surface area contributed by atoms with Crippen LogP contribution in [0.4, 0.5) is 0 Å². The van der Waals surface area contributed by atoms with Gasteiger partial charge in [0.05, 0.1) is 0 Å². The van der Waals surface area contributed by atoms with Crippen LogP contribution in [0, 0.1) is 11.8 Å². The van der Waals surface area contributed by atoms with Crippen molar-refractivity contribution in [3.8, 4) is 0 Å². The van der Waals surface area contributed by atoms with Crippen molar-refractivity contribution < 1.29 is 10.2 Å². The summed E-state index contributed by atoms with van der Waals surface area (Å²) in [6.07, 6.45) is 2.01. The Morgan fingerprint density at radius 2 is 1.58 bits per heavy atom. The second-order valence-electron chi connectivity index (χ2n) is 3.60. The Labute approximate surface area is 76.6 Å². The van der Waals surface area contributed by atoms with Crippen molar-refractivity contribution in [1.29, 1.82) is 0 Å². The molecule has 2 heteroatoms. The molecule has 0 aromatic carbocycles. The van der Waals surface area contributed by atoms with Gasteiger partial charge in [-0.25, -0.2) is 0 Å². The summed E-state index contributed by atoms with van der Waals surface area (Å²) in [5, 5.41) is 16.6. The molecule has 0 amide bonds. The van der Waals surface area contributed by atoms with Crippen LogP contribution in [-0.2, 0) is 0 Å². The summed E-state index contributed by atoms with van der Waals surface area (Å²) >= 11 is 0. The van der Waals surface area contributed by atoms with Gasteiger partial charge in [0.1, 0.15) is 0 Å². The monoisotopic (exact) mass is 176 g/mol. The van der Waals surface area contributed by atoms with E-state index in [1.54, 1.807) is 0 Å². The molecule has 12 heavy (non-hydrogen) atoms. The highest BCUT2D eigenvalue weighted by molar-refractivity contribution is 4.41. The van der Waals surface area contributed by atoms with Crippen LogP contribution in [0.1, 0.15) is 40.5 Å². The van der Waals surface area contributed by atoms with Gasteiger partial charge in [0.15, 0.2) is 0 Å². The molecule has 0 fully saturated rings. The maximum atomic E-state index is 8.33. The van der Waals surface area contributed by atoms with E-state index in [0.717, 1.165) is 12.8 Å². The number of rotatable bonds is 4. The normalized spacial score (nSPS) is 12.2. The van der Waals surface area contributed by atoms with Gasteiger partial charge in [0.2, 0.25) is 0 Å². The minimum Gasteiger partial charge on any atom is -0.396 e. The molecule has 0 saturated heterocycles. The van der Waals surface area contributed by atoms with Crippen LogP contribution in [0.3, 0.4) is 0 Å². The standard InChI is InChI=1S/2C5H12O/c1-5(2)3-4-6;1-3-5(2)4-6/h2*5-6H,3-4H2,1-2H3. The zero-order chi connectivity index (χ0) is 9.98. The van der Waals surface area contributed by atoms with Crippen molar-refractivity contribution in [3.63, 3.8) is 0 Å². The predicted molar refractivity (Wildman–Crippen MR) is 53.1 cm³/mol. The fourth-order valence-electron chi connectivity index (χ4n) is 0.387. The molecule has 2 N–H and O–H groups in total. The zero-order valence-corrected chi connectivity index (χ0v) is 8.88. The van der Waals surface area contributed by atoms with Gasteiger partial charge < -0.3 is 10.2 Å². The average molecular weight is 176 g/mol. The van der Waals surface area contributed by atoms with Gasteiger partial charge >= 0.3 is 0 Å². The maximum Gasteiger partial charge on any atom is 0.0456 e. The highest BCUT2D eigenvalue weighted by Gasteiger charge is 1.90. The van der Waals surface area contributed by atoms with E-state index in [9.17, 15) is 0 Å². The molecule has 0 rings (SSSR count). The van der Waals surface area contributed by atoms with E-state index in [1.165, 1.54) is 0 Å². The lowest BCUT2D eigenvalue weighted by Gasteiger charge is -1.98. The first-order valence-corrected chi connectivity index (χ1v) is 4.80. The molecule has 0 bridgehead atoms. The lowest BCUT2D eigenvalue weighted by Crippen LogP contribution is -1.96. The molecule has 76 valence electrons. The van der Waals surface area contributed by atoms with E-state index in [1.807, 2.05) is 6.92 Å². The van der Waals surface area contributed by atoms with Gasteiger partial charge in [-0.2, -0.15) is 0 Å². The molecule has 0 spiro atoms. The third-order valence-corrected chi connectivity index (χ3v) is 1.72. The molecule has 0 heterocycles. The Kier molecular flexibility index (Phi) is 13.1. The molecule has 2 nitrogen and oxygen atoms in total. The SMILES string of the molecule is CC(C)CCO.CCC(C)CO. The van der Waals surface area contributed by atoms with E-state index in [0.29, 0.717) is 25.0 Å². The molecule has 0 aliphatic carbocycles. The van der Waals surface area contributed by atoms with Gasteiger partial charge in [-0.05, 0) is 18.3 Å². The van der Waals surface area contributed by atoms with Crippen molar-refractivity contribution in [3.05, 3.63) is 0 Å². The van der Waals surface area contributed by atoms with Crippen LogP contribution in [0.15, 0.2) is 0 Å². The smallest absolute Gasteiger partial charge is 0.0456 e. The van der Waals surface area contributed by atoms with E-state index >= 15 is 0 Å². The second-order valence-corrected chi connectivity index (χ2v) is 3.60. The lowest BCUT2D eigenvalue weighted by molar-refractivity contribution is 0.234. The molecular formula is C10H24O2. The van der Waals surface area contributed by atoms with Gasteiger partial charge in [0.25, 0.3) is 0 Å². The van der Waals surface area contributed by atoms with E-state index in [-0.39, 0.29) is 0 Å². The Bertz CT molecular complexity index is 68.2. The maximum absolute atomic E-state index is 8.33. The van der Waals surface area contributed by atoms with E-state index in [2.05, 4.69) is 20.8 Å². The zero-order valence-electron chi connectivity index (χ0n) is 8.88. The minimum atomic E-state index is 0.330. The topological polar surface area (TPSA) is 40.5 Å². The van der Waals surface area contributed by atoms with Crippen LogP contribution in [0.25, 0.3) is 0 Å². The first-order valence-electron chi connectivity index (χ1n) is 4.80. The highest BCUT2D eigenvalue weighted by Crippen LogP contribution is 1.95. The van der Waals surface area contributed by atoms with Crippen molar-refractivity contribution in [2.24, 2.45) is 11.8 Å². The van der Waals surface area contributed by atoms with Crippen LogP contribution in [0.2, 0.25) is 0 Å². The molecule has 0 aliphatic rings. The molecule has 0 aromatic heterocycles. The predicted octanol–water partition coefficient (Wildman–Crippen LogP) is 2.05. The van der Waals surface area contributed by atoms with E-state index in [4.69, 9.17) is 10.2 Å². The third kappa shape index (κ3) is 16.5. The van der Waals surface area contributed by atoms with Crippen LogP contribution in [-0.4, -0.2) is 23.4 Å². The molecule has 1 atom stereocenters. The molecule has 0 radical (unpaired) electrons. The summed E-state index contributed by atoms with van der Waals surface area (Å²) < 4.78 is 0. The third-order valence-electron chi connectivity index (χ3n) is 1.72. The van der Waals surface area contributed by atoms with Gasteiger partial charge in [0, 0.05) is 13.2 Å². The fourth-order valence-corrected chi connectivity index (χ4v) is 0.387. The summed E-state index contributed by atoms with van der Waals surface area (Å²) in [6.45, 7) is 8.95. The summed E-state index contributed by atoms with van der Waals surface area (Å²) in [4.78, 5) is 0. The van der Waals surface area contributed by atoms with Gasteiger partial charge in [-0.15, -0.1) is 0 Å². The summed E-state index contributed by atoms with van der Waals surface area (Å²) in [5.74, 6) is 1.14. The summed E-state index contributed by atoms with van der Waals surface area (Å²) in [5.41, 5.74) is 0. The largest absolute Gasteiger partial charge is 0.396 e. The Hall–Kier alpha value is -0.0800. The Morgan fingerprint density at radius 1 is 1.08 bits per heavy atom. The Balaban J connectivity index is 0. The first-order chi connectivity index (χ1) is 5.58. The van der Waals surface area contributed by atoms with Gasteiger partial charge in [-0.1, -0.05) is 34.1 Å². The van der Waals surface area contributed by atoms with Crippen molar-refractivity contribution in [2.75, 3.05) is 13.2 Å². The van der Waals surface area contributed by atoms with Crippen molar-refractivity contribution in [2.45, 2.75) is 40.5 Å².